The molecule has 0 aliphatic carbocycles. The summed E-state index contributed by atoms with van der Waals surface area (Å²) in [6.07, 6.45) is 9.08. The predicted molar refractivity (Wildman–Crippen MR) is 109 cm³/mol. The van der Waals surface area contributed by atoms with Crippen molar-refractivity contribution in [3.8, 4) is 17.0 Å². The number of nitrogens with zero attached hydrogens (tertiary/aromatic N) is 2. The molecule has 0 spiro atoms. The molecule has 26 heavy (non-hydrogen) atoms. The summed E-state index contributed by atoms with van der Waals surface area (Å²) in [6.45, 7) is 6.10. The normalized spacial score (nSPS) is 13.2. The zero-order chi connectivity index (χ0) is 18.9. The van der Waals surface area contributed by atoms with E-state index in [4.69, 9.17) is 4.74 Å². The van der Waals surface area contributed by atoms with Crippen LogP contribution in [0.2, 0.25) is 0 Å². The van der Waals surface area contributed by atoms with Crippen molar-refractivity contribution >= 4 is 21.9 Å². The Hall–Kier alpha value is -1.75. The van der Waals surface area contributed by atoms with Crippen molar-refractivity contribution in [2.75, 3.05) is 0 Å². The Balaban J connectivity index is 1.97. The Labute approximate surface area is 164 Å². The van der Waals surface area contributed by atoms with Crippen LogP contribution in [-0.2, 0) is 11.2 Å². The van der Waals surface area contributed by atoms with Crippen LogP contribution in [0.15, 0.2) is 36.7 Å². The molecule has 2 unspecified atom stereocenters. The van der Waals surface area contributed by atoms with E-state index in [0.717, 1.165) is 36.2 Å². The van der Waals surface area contributed by atoms with Gasteiger partial charge >= 0.3 is 5.97 Å². The van der Waals surface area contributed by atoms with Gasteiger partial charge in [0.2, 0.25) is 0 Å². The second-order valence-corrected chi connectivity index (χ2v) is 7.68. The number of aryl methyl sites for hydroxylation is 1. The highest BCUT2D eigenvalue weighted by molar-refractivity contribution is 9.09. The fraction of sp³-hybridized carbons (Fsp3) is 0.476. The molecule has 1 aromatic carbocycles. The van der Waals surface area contributed by atoms with Crippen molar-refractivity contribution in [3.63, 3.8) is 0 Å². The lowest BCUT2D eigenvalue weighted by atomic mass is 10.1. The van der Waals surface area contributed by atoms with Crippen LogP contribution in [0.3, 0.4) is 0 Å². The quantitative estimate of drug-likeness (QED) is 0.230. The Morgan fingerprint density at radius 2 is 1.85 bits per heavy atom. The molecular weight excluding hydrogens is 392 g/mol. The molecule has 0 bridgehead atoms. The van der Waals surface area contributed by atoms with Crippen molar-refractivity contribution in [2.45, 2.75) is 57.7 Å². The first-order chi connectivity index (χ1) is 12.5. The summed E-state index contributed by atoms with van der Waals surface area (Å²) in [6, 6.07) is 7.40. The molecular formula is C21H27BrN2O2. The van der Waals surface area contributed by atoms with Crippen LogP contribution in [-0.4, -0.2) is 20.8 Å². The molecule has 0 N–H and O–H groups in total. The van der Waals surface area contributed by atoms with E-state index < -0.39 is 0 Å². The van der Waals surface area contributed by atoms with Gasteiger partial charge in [-0.25, -0.2) is 0 Å². The first kappa shape index (κ1) is 20.6. The van der Waals surface area contributed by atoms with E-state index in [1.165, 1.54) is 12.8 Å². The summed E-state index contributed by atoms with van der Waals surface area (Å²) >= 11 is 3.51. The molecule has 140 valence electrons. The van der Waals surface area contributed by atoms with E-state index in [9.17, 15) is 4.79 Å². The number of benzene rings is 1. The third-order valence-electron chi connectivity index (χ3n) is 4.41. The number of unbranched alkanes of at least 4 members (excludes halogenated alkanes) is 2. The number of rotatable bonds is 9. The van der Waals surface area contributed by atoms with E-state index in [1.54, 1.807) is 18.3 Å². The van der Waals surface area contributed by atoms with E-state index in [0.29, 0.717) is 5.75 Å². The van der Waals surface area contributed by atoms with Gasteiger partial charge in [0.1, 0.15) is 5.75 Å². The summed E-state index contributed by atoms with van der Waals surface area (Å²) in [5.41, 5.74) is 2.81. The molecule has 5 heteroatoms. The van der Waals surface area contributed by atoms with Gasteiger partial charge in [0, 0.05) is 16.6 Å². The maximum atomic E-state index is 12.1. The SMILES string of the molecule is CCCCCc1cnc(-c2ccc(OC(=O)C(C)C(Br)CC)cc2)cn1. The Kier molecular flexibility index (Phi) is 8.23. The monoisotopic (exact) mass is 418 g/mol. The van der Waals surface area contributed by atoms with Crippen LogP contribution < -0.4 is 4.74 Å². The topological polar surface area (TPSA) is 52.1 Å². The van der Waals surface area contributed by atoms with Gasteiger partial charge in [0.25, 0.3) is 0 Å². The Bertz CT molecular complexity index is 686. The molecule has 0 radical (unpaired) electrons. The smallest absolute Gasteiger partial charge is 0.315 e. The van der Waals surface area contributed by atoms with E-state index in [-0.39, 0.29) is 16.7 Å². The van der Waals surface area contributed by atoms with Gasteiger partial charge in [0.15, 0.2) is 0 Å². The summed E-state index contributed by atoms with van der Waals surface area (Å²) in [7, 11) is 0. The van der Waals surface area contributed by atoms with Crippen LogP contribution in [0, 0.1) is 5.92 Å². The minimum Gasteiger partial charge on any atom is -0.426 e. The van der Waals surface area contributed by atoms with E-state index in [1.807, 2.05) is 32.2 Å². The van der Waals surface area contributed by atoms with Gasteiger partial charge in [0.05, 0.1) is 23.5 Å². The number of hydrogen-bond donors (Lipinski definition) is 0. The van der Waals surface area contributed by atoms with E-state index in [2.05, 4.69) is 32.8 Å². The second-order valence-electron chi connectivity index (χ2n) is 6.51. The number of carbonyl (C=O) groups is 1. The Morgan fingerprint density at radius 1 is 1.12 bits per heavy atom. The highest BCUT2D eigenvalue weighted by atomic mass is 79.9. The van der Waals surface area contributed by atoms with Gasteiger partial charge in [-0.05, 0) is 43.5 Å². The first-order valence-corrected chi connectivity index (χ1v) is 10.2. The van der Waals surface area contributed by atoms with Crippen molar-refractivity contribution < 1.29 is 9.53 Å². The molecule has 0 aliphatic heterocycles. The molecule has 0 amide bonds. The average molecular weight is 419 g/mol. The van der Waals surface area contributed by atoms with Crippen LogP contribution in [0.1, 0.15) is 52.1 Å². The fourth-order valence-electron chi connectivity index (χ4n) is 2.59. The van der Waals surface area contributed by atoms with Crippen molar-refractivity contribution in [2.24, 2.45) is 5.92 Å². The largest absolute Gasteiger partial charge is 0.426 e. The van der Waals surface area contributed by atoms with Gasteiger partial charge < -0.3 is 4.74 Å². The highest BCUT2D eigenvalue weighted by Gasteiger charge is 2.22. The van der Waals surface area contributed by atoms with Crippen molar-refractivity contribution in [3.05, 3.63) is 42.4 Å². The molecule has 2 atom stereocenters. The molecule has 2 rings (SSSR count). The molecule has 4 nitrogen and oxygen atoms in total. The van der Waals surface area contributed by atoms with Crippen LogP contribution in [0.4, 0.5) is 0 Å². The zero-order valence-corrected chi connectivity index (χ0v) is 17.3. The first-order valence-electron chi connectivity index (χ1n) is 9.32. The summed E-state index contributed by atoms with van der Waals surface area (Å²) < 4.78 is 5.46. The number of alkyl halides is 1. The van der Waals surface area contributed by atoms with Gasteiger partial charge in [-0.1, -0.05) is 49.5 Å². The lowest BCUT2D eigenvalue weighted by Gasteiger charge is -2.15. The molecule has 1 aromatic heterocycles. The molecule has 0 aliphatic rings. The summed E-state index contributed by atoms with van der Waals surface area (Å²) in [5.74, 6) is 0.133. The molecule has 0 saturated carbocycles. The predicted octanol–water partition coefficient (Wildman–Crippen LogP) is 5.59. The zero-order valence-electron chi connectivity index (χ0n) is 15.7. The number of esters is 1. The highest BCUT2D eigenvalue weighted by Crippen LogP contribution is 2.23. The lowest BCUT2D eigenvalue weighted by Crippen LogP contribution is -2.25. The van der Waals surface area contributed by atoms with Gasteiger partial charge in [-0.15, -0.1) is 0 Å². The lowest BCUT2D eigenvalue weighted by molar-refractivity contribution is -0.138. The molecule has 0 saturated heterocycles. The van der Waals surface area contributed by atoms with Crippen molar-refractivity contribution in [1.29, 1.82) is 0 Å². The summed E-state index contributed by atoms with van der Waals surface area (Å²) in [5, 5.41) is 0. The van der Waals surface area contributed by atoms with E-state index >= 15 is 0 Å². The fourth-order valence-corrected chi connectivity index (χ4v) is 2.81. The number of aromatic nitrogens is 2. The minimum absolute atomic E-state index is 0.125. The Morgan fingerprint density at radius 3 is 2.42 bits per heavy atom. The summed E-state index contributed by atoms with van der Waals surface area (Å²) in [4.78, 5) is 21.3. The van der Waals surface area contributed by atoms with Crippen molar-refractivity contribution in [1.82, 2.24) is 9.97 Å². The second kappa shape index (κ2) is 10.4. The van der Waals surface area contributed by atoms with Gasteiger partial charge in [-0.3, -0.25) is 14.8 Å². The standard InChI is InChI=1S/C21H27BrN2O2/c1-4-6-7-8-17-13-24-20(14-23-17)16-9-11-18(12-10-16)26-21(25)15(3)19(22)5-2/h9-15,19H,4-8H2,1-3H3. The molecule has 0 fully saturated rings. The maximum absolute atomic E-state index is 12.1. The maximum Gasteiger partial charge on any atom is 0.315 e. The molecule has 1 heterocycles. The number of carbonyl (C=O) groups excluding carboxylic acids is 1. The minimum atomic E-state index is -0.224. The van der Waals surface area contributed by atoms with Crippen LogP contribution in [0.25, 0.3) is 11.3 Å². The third kappa shape index (κ3) is 5.90. The number of halogens is 1. The van der Waals surface area contributed by atoms with Crippen LogP contribution in [0.5, 0.6) is 5.75 Å². The molecule has 2 aromatic rings. The van der Waals surface area contributed by atoms with Crippen LogP contribution >= 0.6 is 15.9 Å². The van der Waals surface area contributed by atoms with Gasteiger partial charge in [-0.2, -0.15) is 0 Å². The number of ether oxygens (including phenoxy) is 1. The number of hydrogen-bond acceptors (Lipinski definition) is 4. The average Bonchev–Trinajstić information content (AvgIpc) is 2.68. The third-order valence-corrected chi connectivity index (χ3v) is 5.86.